The van der Waals surface area contributed by atoms with Gasteiger partial charge in [0.2, 0.25) is 5.91 Å². The van der Waals surface area contributed by atoms with Gasteiger partial charge in [0.15, 0.2) is 0 Å². The van der Waals surface area contributed by atoms with Crippen LogP contribution in [0, 0.1) is 12.7 Å². The number of benzene rings is 1. The first-order chi connectivity index (χ1) is 15.4. The summed E-state index contributed by atoms with van der Waals surface area (Å²) in [6.45, 7) is 3.11. The van der Waals surface area contributed by atoms with Crippen LogP contribution in [-0.2, 0) is 16.9 Å². The summed E-state index contributed by atoms with van der Waals surface area (Å²) < 4.78 is 20.1. The number of likely N-dealkylation sites (tertiary alicyclic amines) is 1. The number of anilines is 2. The topological polar surface area (TPSA) is 96.5 Å². The number of hydrogen-bond donors (Lipinski definition) is 1. The van der Waals surface area contributed by atoms with Gasteiger partial charge in [-0.2, -0.15) is 5.10 Å². The molecule has 1 fully saturated rings. The minimum Gasteiger partial charge on any atom is -0.361 e. The Kier molecular flexibility index (Phi) is 4.91. The molecule has 1 N–H and O–H groups in total. The highest BCUT2D eigenvalue weighted by molar-refractivity contribution is 5.94. The van der Waals surface area contributed by atoms with E-state index in [1.165, 1.54) is 24.3 Å². The number of carbonyl (C=O) groups excluding carboxylic acids is 2. The summed E-state index contributed by atoms with van der Waals surface area (Å²) >= 11 is 0. The molecule has 166 valence electrons. The lowest BCUT2D eigenvalue weighted by atomic mass is 9.82. The minimum atomic E-state index is -0.460. The van der Waals surface area contributed by atoms with E-state index in [4.69, 9.17) is 4.52 Å². The number of aromatic nitrogens is 3. The number of nitrogens with zero attached hydrogens (tertiary/aromatic N) is 5. The van der Waals surface area contributed by atoms with Gasteiger partial charge >= 0.3 is 6.03 Å². The molecule has 10 heteroatoms. The summed E-state index contributed by atoms with van der Waals surface area (Å²) in [5.41, 5.74) is 0.767. The summed E-state index contributed by atoms with van der Waals surface area (Å²) in [6.07, 6.45) is 3.23. The van der Waals surface area contributed by atoms with Gasteiger partial charge in [0.25, 0.3) is 0 Å². The predicted octanol–water partition coefficient (Wildman–Crippen LogP) is 3.28. The van der Waals surface area contributed by atoms with E-state index in [2.05, 4.69) is 15.6 Å². The molecule has 3 amide bonds. The second kappa shape index (κ2) is 7.77. The molecule has 2 aliphatic rings. The molecule has 1 spiro atoms. The van der Waals surface area contributed by atoms with Gasteiger partial charge in [-0.05, 0) is 44.0 Å². The van der Waals surface area contributed by atoms with Crippen LogP contribution in [0.4, 0.5) is 20.7 Å². The van der Waals surface area contributed by atoms with Crippen molar-refractivity contribution >= 4 is 23.4 Å². The normalized spacial score (nSPS) is 17.5. The third kappa shape index (κ3) is 3.61. The molecule has 0 unspecified atom stereocenters. The highest BCUT2D eigenvalue weighted by atomic mass is 19.1. The van der Waals surface area contributed by atoms with E-state index < -0.39 is 5.54 Å². The first-order valence-electron chi connectivity index (χ1n) is 10.5. The van der Waals surface area contributed by atoms with E-state index in [9.17, 15) is 14.0 Å². The van der Waals surface area contributed by atoms with Crippen LogP contribution in [-0.4, -0.2) is 44.9 Å². The fraction of sp³-hybridized carbons (Fsp3) is 0.364. The maximum atomic E-state index is 13.1. The lowest BCUT2D eigenvalue weighted by Gasteiger charge is -2.46. The average molecular weight is 438 g/mol. The van der Waals surface area contributed by atoms with Crippen molar-refractivity contribution < 1.29 is 18.5 Å². The molecule has 2 aromatic heterocycles. The Morgan fingerprint density at radius 1 is 1.22 bits per heavy atom. The van der Waals surface area contributed by atoms with Gasteiger partial charge in [0.05, 0.1) is 24.7 Å². The van der Waals surface area contributed by atoms with E-state index in [-0.39, 0.29) is 17.8 Å². The van der Waals surface area contributed by atoms with E-state index >= 15 is 0 Å². The van der Waals surface area contributed by atoms with Crippen molar-refractivity contribution in [1.29, 1.82) is 0 Å². The van der Waals surface area contributed by atoms with Crippen molar-refractivity contribution in [2.45, 2.75) is 38.3 Å². The van der Waals surface area contributed by atoms with Crippen LogP contribution in [0.1, 0.15) is 30.7 Å². The Balaban J connectivity index is 1.29. The zero-order valence-electron chi connectivity index (χ0n) is 17.6. The molecule has 2 aliphatic heterocycles. The number of piperidine rings is 1. The molecule has 0 saturated carbocycles. The summed E-state index contributed by atoms with van der Waals surface area (Å²) in [7, 11) is 0. The van der Waals surface area contributed by atoms with Crippen molar-refractivity contribution in [2.75, 3.05) is 23.3 Å². The van der Waals surface area contributed by atoms with E-state index in [1.807, 2.05) is 23.7 Å². The molecule has 1 aromatic carbocycles. The Morgan fingerprint density at radius 2 is 1.97 bits per heavy atom. The molecule has 32 heavy (non-hydrogen) atoms. The molecule has 3 aromatic rings. The molecule has 4 heterocycles. The molecule has 0 bridgehead atoms. The fourth-order valence-electron chi connectivity index (χ4n) is 4.52. The number of rotatable bonds is 3. The quantitative estimate of drug-likeness (QED) is 0.677. The fourth-order valence-corrected chi connectivity index (χ4v) is 4.52. The van der Waals surface area contributed by atoms with E-state index in [0.29, 0.717) is 56.0 Å². The highest BCUT2D eigenvalue weighted by Gasteiger charge is 2.46. The maximum Gasteiger partial charge on any atom is 0.321 e. The Hall–Kier alpha value is -3.69. The Morgan fingerprint density at radius 3 is 2.66 bits per heavy atom. The number of aryl methyl sites for hydroxylation is 1. The molecule has 5 rings (SSSR count). The van der Waals surface area contributed by atoms with Gasteiger partial charge in [-0.15, -0.1) is 0 Å². The van der Waals surface area contributed by atoms with Crippen molar-refractivity contribution in [3.8, 4) is 0 Å². The number of amides is 3. The molecule has 9 nitrogen and oxygen atoms in total. The zero-order valence-corrected chi connectivity index (χ0v) is 17.6. The molecule has 1 saturated heterocycles. The second-order valence-corrected chi connectivity index (χ2v) is 8.34. The number of fused-ring (bicyclic) bond motifs is 2. The number of carbonyl (C=O) groups is 2. The third-order valence-electron chi connectivity index (χ3n) is 6.20. The summed E-state index contributed by atoms with van der Waals surface area (Å²) in [6, 6.07) is 9.08. The van der Waals surface area contributed by atoms with Crippen molar-refractivity contribution in [1.82, 2.24) is 19.8 Å². The molecular weight excluding hydrogens is 415 g/mol. The van der Waals surface area contributed by atoms with Gasteiger partial charge in [-0.3, -0.25) is 9.69 Å². The summed E-state index contributed by atoms with van der Waals surface area (Å²) in [5, 5.41) is 11.3. The maximum absolute atomic E-state index is 13.1. The first kappa shape index (κ1) is 20.2. The predicted molar refractivity (Wildman–Crippen MR) is 113 cm³/mol. The highest BCUT2D eigenvalue weighted by Crippen LogP contribution is 2.41. The molecule has 0 atom stereocenters. The van der Waals surface area contributed by atoms with Crippen LogP contribution in [0.25, 0.3) is 0 Å². The largest absolute Gasteiger partial charge is 0.361 e. The van der Waals surface area contributed by atoms with Crippen LogP contribution in [0.15, 0.2) is 47.1 Å². The average Bonchev–Trinajstić information content (AvgIpc) is 3.43. The van der Waals surface area contributed by atoms with E-state index in [0.717, 1.165) is 5.82 Å². The van der Waals surface area contributed by atoms with Crippen LogP contribution < -0.4 is 10.2 Å². The van der Waals surface area contributed by atoms with Gasteiger partial charge in [-0.25, -0.2) is 13.9 Å². The monoisotopic (exact) mass is 438 g/mol. The SMILES string of the molecule is Cc1cc(CN2C(=O)CC3(CCN(C(=O)Nc4ccc(F)cc4)CC3)n3nccc32)no1. The number of nitrogens with one attached hydrogen (secondary N) is 1. The molecular formula is C22H23FN6O3. The van der Waals surface area contributed by atoms with Gasteiger partial charge in [0, 0.05) is 30.9 Å². The van der Waals surface area contributed by atoms with Crippen LogP contribution in [0.5, 0.6) is 0 Å². The molecule has 0 radical (unpaired) electrons. The lowest BCUT2D eigenvalue weighted by molar-refractivity contribution is -0.123. The van der Waals surface area contributed by atoms with Crippen LogP contribution >= 0.6 is 0 Å². The summed E-state index contributed by atoms with van der Waals surface area (Å²) in [5.74, 6) is 1.07. The van der Waals surface area contributed by atoms with E-state index in [1.54, 1.807) is 16.0 Å². The first-order valence-corrected chi connectivity index (χ1v) is 10.5. The second-order valence-electron chi connectivity index (χ2n) is 8.34. The number of hydrogen-bond acceptors (Lipinski definition) is 5. The van der Waals surface area contributed by atoms with Gasteiger partial charge in [0.1, 0.15) is 23.1 Å². The number of halogens is 1. The van der Waals surface area contributed by atoms with Crippen LogP contribution in [0.3, 0.4) is 0 Å². The third-order valence-corrected chi connectivity index (χ3v) is 6.20. The lowest BCUT2D eigenvalue weighted by Crippen LogP contribution is -2.55. The Labute approximate surface area is 183 Å². The molecule has 0 aliphatic carbocycles. The minimum absolute atomic E-state index is 0.00265. The standard InChI is InChI=1S/C22H23FN6O3/c1-15-12-18(26-32-15)14-28-19-6-9-24-29(19)22(13-20(28)30)7-10-27(11-8-22)21(31)25-17-4-2-16(23)3-5-17/h2-6,9,12H,7-8,10-11,13-14H2,1H3,(H,25,31). The van der Waals surface area contributed by atoms with Crippen molar-refractivity contribution in [3.63, 3.8) is 0 Å². The smallest absolute Gasteiger partial charge is 0.321 e. The Bertz CT molecular complexity index is 1150. The van der Waals surface area contributed by atoms with Gasteiger partial charge < -0.3 is 14.7 Å². The number of urea groups is 1. The zero-order chi connectivity index (χ0) is 22.3. The summed E-state index contributed by atoms with van der Waals surface area (Å²) in [4.78, 5) is 29.2. The van der Waals surface area contributed by atoms with Crippen molar-refractivity contribution in [2.24, 2.45) is 0 Å². The van der Waals surface area contributed by atoms with Gasteiger partial charge in [-0.1, -0.05) is 5.16 Å². The van der Waals surface area contributed by atoms with Crippen LogP contribution in [0.2, 0.25) is 0 Å². The van der Waals surface area contributed by atoms with Crippen molar-refractivity contribution in [3.05, 3.63) is 59.9 Å².